The van der Waals surface area contributed by atoms with E-state index in [1.807, 2.05) is 0 Å². The van der Waals surface area contributed by atoms with Crippen LogP contribution < -0.4 is 0 Å². The van der Waals surface area contributed by atoms with E-state index in [-0.39, 0.29) is 11.3 Å². The molecule has 8 heteroatoms. The number of carbonyl (C=O) groups is 1. The summed E-state index contributed by atoms with van der Waals surface area (Å²) in [5.74, 6) is -2.30. The van der Waals surface area contributed by atoms with E-state index in [0.717, 1.165) is 24.3 Å². The van der Waals surface area contributed by atoms with E-state index in [0.29, 0.717) is 5.56 Å². The maximum absolute atomic E-state index is 13.3. The summed E-state index contributed by atoms with van der Waals surface area (Å²) >= 11 is 0. The third-order valence-electron chi connectivity index (χ3n) is 3.65. The smallest absolute Gasteiger partial charge is 0.426 e. The Kier molecular flexibility index (Phi) is 5.41. The number of esters is 1. The molecule has 0 aliphatic heterocycles. The molecule has 2 atom stereocenters. The third kappa shape index (κ3) is 4.56. The molecule has 0 aromatic heterocycles. The van der Waals surface area contributed by atoms with E-state index in [9.17, 15) is 28.1 Å². The molecular formula is C17H14F3NO4. The Morgan fingerprint density at radius 3 is 2.12 bits per heavy atom. The number of halogens is 3. The van der Waals surface area contributed by atoms with E-state index in [1.54, 1.807) is 18.2 Å². The molecule has 0 aliphatic rings. The van der Waals surface area contributed by atoms with Crippen molar-refractivity contribution in [3.8, 4) is 0 Å². The van der Waals surface area contributed by atoms with Crippen LogP contribution in [0, 0.1) is 10.1 Å². The van der Waals surface area contributed by atoms with E-state index < -0.39 is 29.1 Å². The molecule has 0 N–H and O–H groups in total. The molecule has 0 radical (unpaired) electrons. The summed E-state index contributed by atoms with van der Waals surface area (Å²) in [5, 5.41) is 10.6. The second-order valence-corrected chi connectivity index (χ2v) is 5.37. The number of non-ortho nitro benzene ring substituents is 1. The number of hydrogen-bond acceptors (Lipinski definition) is 4. The topological polar surface area (TPSA) is 69.4 Å². The summed E-state index contributed by atoms with van der Waals surface area (Å²) < 4.78 is 44.7. The molecule has 0 bridgehead atoms. The van der Waals surface area contributed by atoms with Gasteiger partial charge < -0.3 is 4.74 Å². The van der Waals surface area contributed by atoms with Gasteiger partial charge in [-0.15, -0.1) is 0 Å². The van der Waals surface area contributed by atoms with Gasteiger partial charge in [-0.2, -0.15) is 13.2 Å². The average molecular weight is 353 g/mol. The molecule has 132 valence electrons. The Balaban J connectivity index is 2.22. The molecule has 2 aromatic carbocycles. The van der Waals surface area contributed by atoms with Crippen LogP contribution in [-0.2, 0) is 4.74 Å². The highest BCUT2D eigenvalue weighted by molar-refractivity contribution is 5.89. The monoisotopic (exact) mass is 353 g/mol. The van der Waals surface area contributed by atoms with E-state index in [2.05, 4.69) is 4.74 Å². The van der Waals surface area contributed by atoms with Gasteiger partial charge in [-0.05, 0) is 17.7 Å². The zero-order chi connectivity index (χ0) is 18.6. The van der Waals surface area contributed by atoms with Gasteiger partial charge in [0.05, 0.1) is 10.5 Å². The minimum atomic E-state index is -4.76. The quantitative estimate of drug-likeness (QED) is 0.451. The fourth-order valence-electron chi connectivity index (χ4n) is 2.29. The van der Waals surface area contributed by atoms with E-state index >= 15 is 0 Å². The Hall–Kier alpha value is -2.90. The van der Waals surface area contributed by atoms with Crippen LogP contribution >= 0.6 is 0 Å². The van der Waals surface area contributed by atoms with Gasteiger partial charge in [0.25, 0.3) is 5.69 Å². The fourth-order valence-corrected chi connectivity index (χ4v) is 2.29. The molecule has 0 saturated carbocycles. The number of ether oxygens (including phenoxy) is 1. The summed E-state index contributed by atoms with van der Waals surface area (Å²) in [6.07, 6.45) is -7.09. The highest BCUT2D eigenvalue weighted by Gasteiger charge is 2.46. The molecule has 2 rings (SSSR count). The van der Waals surface area contributed by atoms with Crippen LogP contribution in [0.25, 0.3) is 0 Å². The molecule has 0 saturated heterocycles. The van der Waals surface area contributed by atoms with Gasteiger partial charge in [-0.3, -0.25) is 10.1 Å². The largest absolute Gasteiger partial charge is 0.448 e. The Morgan fingerprint density at radius 2 is 1.64 bits per heavy atom. The van der Waals surface area contributed by atoms with Crippen molar-refractivity contribution in [3.05, 3.63) is 75.8 Å². The summed E-state index contributed by atoms with van der Waals surface area (Å²) in [6.45, 7) is 1.32. The van der Waals surface area contributed by atoms with Gasteiger partial charge in [-0.1, -0.05) is 37.3 Å². The van der Waals surface area contributed by atoms with Crippen molar-refractivity contribution in [1.29, 1.82) is 0 Å². The molecule has 0 spiro atoms. The number of nitro groups is 1. The first kappa shape index (κ1) is 18.4. The number of alkyl halides is 3. The van der Waals surface area contributed by atoms with Gasteiger partial charge in [-0.25, -0.2) is 4.79 Å². The lowest BCUT2D eigenvalue weighted by Crippen LogP contribution is -2.38. The third-order valence-corrected chi connectivity index (χ3v) is 3.65. The molecule has 25 heavy (non-hydrogen) atoms. The zero-order valence-electron chi connectivity index (χ0n) is 13.1. The van der Waals surface area contributed by atoms with Crippen molar-refractivity contribution >= 4 is 11.7 Å². The van der Waals surface area contributed by atoms with Crippen molar-refractivity contribution in [1.82, 2.24) is 0 Å². The second-order valence-electron chi connectivity index (χ2n) is 5.37. The van der Waals surface area contributed by atoms with Gasteiger partial charge in [0, 0.05) is 18.1 Å². The van der Waals surface area contributed by atoms with Crippen molar-refractivity contribution in [2.45, 2.75) is 25.1 Å². The van der Waals surface area contributed by atoms with Crippen LogP contribution in [0.3, 0.4) is 0 Å². The second kappa shape index (κ2) is 7.33. The van der Waals surface area contributed by atoms with Crippen LogP contribution in [0.15, 0.2) is 54.6 Å². The lowest BCUT2D eigenvalue weighted by Gasteiger charge is -2.26. The van der Waals surface area contributed by atoms with Gasteiger partial charge in [0.15, 0.2) is 0 Å². The molecule has 0 heterocycles. The van der Waals surface area contributed by atoms with Crippen LogP contribution in [0.2, 0.25) is 0 Å². The van der Waals surface area contributed by atoms with Crippen molar-refractivity contribution in [3.63, 3.8) is 0 Å². The first-order valence-corrected chi connectivity index (χ1v) is 7.27. The molecule has 5 nitrogen and oxygen atoms in total. The number of carbonyl (C=O) groups excluding carboxylic acids is 1. The minimum absolute atomic E-state index is 0.194. The molecule has 2 aromatic rings. The van der Waals surface area contributed by atoms with E-state index in [1.165, 1.54) is 19.1 Å². The normalized spacial score (nSPS) is 13.8. The predicted octanol–water partition coefficient (Wildman–Crippen LogP) is 4.49. The summed E-state index contributed by atoms with van der Waals surface area (Å²) in [6, 6.07) is 12.1. The van der Waals surface area contributed by atoms with Crippen LogP contribution in [-0.4, -0.2) is 23.2 Å². The highest BCUT2D eigenvalue weighted by Crippen LogP contribution is 2.34. The molecule has 0 amide bonds. The fraction of sp³-hybridized carbons (Fsp3) is 0.235. The van der Waals surface area contributed by atoms with Crippen molar-refractivity contribution in [2.24, 2.45) is 0 Å². The summed E-state index contributed by atoms with van der Waals surface area (Å²) in [5.41, 5.74) is -0.0944. The lowest BCUT2D eigenvalue weighted by molar-refractivity contribution is -0.384. The van der Waals surface area contributed by atoms with Gasteiger partial charge in [0.2, 0.25) is 6.10 Å². The number of hydrogen-bond donors (Lipinski definition) is 0. The van der Waals surface area contributed by atoms with Crippen molar-refractivity contribution < 1.29 is 27.6 Å². The zero-order valence-corrected chi connectivity index (χ0v) is 13.1. The molecule has 0 unspecified atom stereocenters. The summed E-state index contributed by atoms with van der Waals surface area (Å²) in [4.78, 5) is 21.9. The SMILES string of the molecule is C[C@H](c1ccccc1)[C@@H](OC(=O)c1ccc([N+](=O)[O-])cc1)C(F)(F)F. The number of benzene rings is 2. The average Bonchev–Trinajstić information content (AvgIpc) is 2.58. The first-order chi connectivity index (χ1) is 11.7. The van der Waals surface area contributed by atoms with Gasteiger partial charge in [0.1, 0.15) is 0 Å². The lowest BCUT2D eigenvalue weighted by atomic mass is 9.95. The number of rotatable bonds is 5. The Labute approximate surface area is 141 Å². The maximum atomic E-state index is 13.3. The van der Waals surface area contributed by atoms with E-state index in [4.69, 9.17) is 0 Å². The maximum Gasteiger partial charge on any atom is 0.426 e. The number of nitrogens with zero attached hydrogens (tertiary/aromatic N) is 1. The minimum Gasteiger partial charge on any atom is -0.448 e. The van der Waals surface area contributed by atoms with Crippen LogP contribution in [0.1, 0.15) is 28.8 Å². The number of nitro benzene ring substituents is 1. The molecular weight excluding hydrogens is 339 g/mol. The van der Waals surface area contributed by atoms with Crippen molar-refractivity contribution in [2.75, 3.05) is 0 Å². The standard InChI is InChI=1S/C17H14F3NO4/c1-11(12-5-3-2-4-6-12)15(17(18,19)20)25-16(22)13-7-9-14(10-8-13)21(23)24/h2-11,15H,1H3/t11-,15-/m1/s1. The van der Waals surface area contributed by atoms with Gasteiger partial charge >= 0.3 is 12.1 Å². The molecule has 0 fully saturated rings. The van der Waals surface area contributed by atoms with Crippen LogP contribution in [0.4, 0.5) is 18.9 Å². The van der Waals surface area contributed by atoms with Crippen LogP contribution in [0.5, 0.6) is 0 Å². The Bertz CT molecular complexity index is 745. The first-order valence-electron chi connectivity index (χ1n) is 7.27. The Morgan fingerprint density at radius 1 is 1.08 bits per heavy atom. The molecule has 0 aliphatic carbocycles. The summed E-state index contributed by atoms with van der Waals surface area (Å²) in [7, 11) is 0. The predicted molar refractivity (Wildman–Crippen MR) is 83.2 cm³/mol. The highest BCUT2D eigenvalue weighted by atomic mass is 19.4.